The molecule has 5 heteroatoms. The van der Waals surface area contributed by atoms with Gasteiger partial charge in [-0.3, -0.25) is 5.32 Å². The lowest BCUT2D eigenvalue weighted by Gasteiger charge is -2.38. The van der Waals surface area contributed by atoms with E-state index in [-0.39, 0.29) is 29.4 Å². The SMILES string of the molecule is C1=CC(C2=NC(c3cccc(C4=CCCC=C4)c3)NC(c3ccccc3)N2)C2C(=C1)SC1C=C(N(c3ccc(-c4ccccc4)cc3)c3cccc(-c4ccccc4)c3)C=CC12. The molecule has 0 amide bonds. The number of allylic oxidation sites excluding steroid dienone is 9. The van der Waals surface area contributed by atoms with Crippen LogP contribution in [0.3, 0.4) is 0 Å². The van der Waals surface area contributed by atoms with Crippen LogP contribution in [0, 0.1) is 17.8 Å². The number of aliphatic imine (C=N–C) groups is 1. The zero-order chi connectivity index (χ0) is 41.2. The number of fused-ring (bicyclic) bond motifs is 3. The normalized spacial score (nSPS) is 23.5. The van der Waals surface area contributed by atoms with E-state index in [1.54, 1.807) is 0 Å². The number of nitrogens with zero attached hydrogens (tertiary/aromatic N) is 2. The molecule has 0 saturated carbocycles. The summed E-state index contributed by atoms with van der Waals surface area (Å²) in [6.45, 7) is 0. The molecule has 2 N–H and O–H groups in total. The highest BCUT2D eigenvalue weighted by atomic mass is 32.2. The second-order valence-corrected chi connectivity index (χ2v) is 17.9. The molecule has 5 aliphatic rings. The summed E-state index contributed by atoms with van der Waals surface area (Å²) in [5.41, 5.74) is 13.2. The summed E-state index contributed by atoms with van der Waals surface area (Å²) in [6.07, 6.45) is 23.1. The minimum absolute atomic E-state index is 0.0827. The van der Waals surface area contributed by atoms with Crippen molar-refractivity contribution < 1.29 is 0 Å². The highest BCUT2D eigenvalue weighted by molar-refractivity contribution is 8.04. The van der Waals surface area contributed by atoms with Crippen molar-refractivity contribution in [1.82, 2.24) is 10.6 Å². The van der Waals surface area contributed by atoms with Gasteiger partial charge in [0.05, 0.1) is 0 Å². The second kappa shape index (κ2) is 17.0. The number of nitrogens with one attached hydrogen (secondary N) is 2. The molecule has 2 heterocycles. The standard InChI is InChI=1S/C57H48N4S/c1-5-16-39(17-6-1)42-30-32-47(33-31-42)61(48-27-14-25-45(37-48)41-20-9-3-10-21-41)49-34-35-50-53(38-49)62-52-29-15-28-51(54(50)52)57-59-55(43-22-11-4-12-23-43)58-56(60-57)46-26-13-24-44(36-46)40-18-7-2-8-19-40/h1,3-7,9-38,50-51,53-56,58H,2,8H2,(H,59,60). The largest absolute Gasteiger partial charge is 0.354 e. The average Bonchev–Trinajstić information content (AvgIpc) is 3.74. The molecule has 6 aromatic rings. The van der Waals surface area contributed by atoms with Crippen LogP contribution in [0.5, 0.6) is 0 Å². The molecule has 6 atom stereocenters. The number of hydrogen-bond donors (Lipinski definition) is 2. The lowest BCUT2D eigenvalue weighted by molar-refractivity contribution is 0.376. The van der Waals surface area contributed by atoms with E-state index in [1.807, 2.05) is 11.8 Å². The van der Waals surface area contributed by atoms with Crippen LogP contribution < -0.4 is 15.5 Å². The molecule has 1 fully saturated rings. The van der Waals surface area contributed by atoms with Crippen LogP contribution >= 0.6 is 11.8 Å². The minimum atomic E-state index is -0.195. The molecule has 2 aliphatic heterocycles. The summed E-state index contributed by atoms with van der Waals surface area (Å²) in [6, 6.07) is 59.0. The topological polar surface area (TPSA) is 39.7 Å². The molecule has 6 aromatic carbocycles. The van der Waals surface area contributed by atoms with Crippen LogP contribution in [0.1, 0.15) is 41.9 Å². The number of amidine groups is 1. The van der Waals surface area contributed by atoms with E-state index in [1.165, 1.54) is 55.1 Å². The van der Waals surface area contributed by atoms with Crippen molar-refractivity contribution >= 4 is 34.5 Å². The highest BCUT2D eigenvalue weighted by Crippen LogP contribution is 2.55. The Labute approximate surface area is 369 Å². The van der Waals surface area contributed by atoms with Crippen LogP contribution in [0.2, 0.25) is 0 Å². The van der Waals surface area contributed by atoms with E-state index < -0.39 is 0 Å². The minimum Gasteiger partial charge on any atom is -0.354 e. The van der Waals surface area contributed by atoms with E-state index in [0.29, 0.717) is 5.92 Å². The Balaban J connectivity index is 0.930. The van der Waals surface area contributed by atoms with E-state index in [4.69, 9.17) is 4.99 Å². The van der Waals surface area contributed by atoms with Gasteiger partial charge in [0.1, 0.15) is 18.2 Å². The summed E-state index contributed by atoms with van der Waals surface area (Å²) in [5.74, 6) is 1.72. The van der Waals surface area contributed by atoms with Gasteiger partial charge >= 0.3 is 0 Å². The molecule has 302 valence electrons. The van der Waals surface area contributed by atoms with Gasteiger partial charge in [-0.25, -0.2) is 4.99 Å². The summed E-state index contributed by atoms with van der Waals surface area (Å²) in [5, 5.41) is 8.05. The molecule has 4 nitrogen and oxygen atoms in total. The molecule has 6 unspecified atom stereocenters. The van der Waals surface area contributed by atoms with Gasteiger partial charge in [0.2, 0.25) is 0 Å². The van der Waals surface area contributed by atoms with E-state index in [2.05, 4.69) is 234 Å². The zero-order valence-electron chi connectivity index (χ0n) is 34.5. The van der Waals surface area contributed by atoms with Gasteiger partial charge in [-0.15, -0.1) is 11.8 Å². The fourth-order valence-electron chi connectivity index (χ4n) is 9.67. The van der Waals surface area contributed by atoms with E-state index in [0.717, 1.165) is 30.1 Å². The lowest BCUT2D eigenvalue weighted by Crippen LogP contribution is -2.49. The van der Waals surface area contributed by atoms with Gasteiger partial charge < -0.3 is 10.2 Å². The fourth-order valence-corrected chi connectivity index (χ4v) is 11.2. The molecule has 3 aliphatic carbocycles. The number of thioether (sulfide) groups is 1. The Morgan fingerprint density at radius 1 is 0.597 bits per heavy atom. The molecule has 1 saturated heterocycles. The first-order chi connectivity index (χ1) is 30.7. The number of benzene rings is 6. The van der Waals surface area contributed by atoms with Crippen LogP contribution in [-0.2, 0) is 0 Å². The van der Waals surface area contributed by atoms with Gasteiger partial charge in [0.15, 0.2) is 0 Å². The fraction of sp³-hybridized carbons (Fsp3) is 0.140. The Kier molecular flexibility index (Phi) is 10.5. The molecular weight excluding hydrogens is 773 g/mol. The van der Waals surface area contributed by atoms with Crippen molar-refractivity contribution in [2.75, 3.05) is 4.90 Å². The monoisotopic (exact) mass is 820 g/mol. The van der Waals surface area contributed by atoms with Gasteiger partial charge in [-0.1, -0.05) is 176 Å². The second-order valence-electron chi connectivity index (χ2n) is 16.6. The third kappa shape index (κ3) is 7.64. The molecule has 0 spiro atoms. The van der Waals surface area contributed by atoms with Crippen LogP contribution in [0.25, 0.3) is 27.8 Å². The van der Waals surface area contributed by atoms with Crippen molar-refractivity contribution in [3.05, 3.63) is 246 Å². The molecule has 11 rings (SSSR count). The number of anilines is 2. The summed E-state index contributed by atoms with van der Waals surface area (Å²) in [4.78, 5) is 9.40. The van der Waals surface area contributed by atoms with Crippen LogP contribution in [0.4, 0.5) is 11.4 Å². The first kappa shape index (κ1) is 38.3. The lowest BCUT2D eigenvalue weighted by atomic mass is 9.75. The van der Waals surface area contributed by atoms with Crippen molar-refractivity contribution in [3.8, 4) is 22.3 Å². The Morgan fingerprint density at radius 2 is 1.29 bits per heavy atom. The molecule has 62 heavy (non-hydrogen) atoms. The Morgan fingerprint density at radius 3 is 2.06 bits per heavy atom. The maximum atomic E-state index is 5.54. The van der Waals surface area contributed by atoms with Crippen molar-refractivity contribution in [3.63, 3.8) is 0 Å². The van der Waals surface area contributed by atoms with Crippen molar-refractivity contribution in [2.24, 2.45) is 22.7 Å². The number of hydrogen-bond acceptors (Lipinski definition) is 5. The first-order valence-corrected chi connectivity index (χ1v) is 22.8. The highest BCUT2D eigenvalue weighted by Gasteiger charge is 2.46. The van der Waals surface area contributed by atoms with Gasteiger partial charge in [0.25, 0.3) is 0 Å². The average molecular weight is 821 g/mol. The molecular formula is C57H48N4S. The smallest absolute Gasteiger partial charge is 0.129 e. The Hall–Kier alpha value is -6.66. The van der Waals surface area contributed by atoms with Crippen LogP contribution in [0.15, 0.2) is 234 Å². The molecule has 0 aromatic heterocycles. The predicted octanol–water partition coefficient (Wildman–Crippen LogP) is 13.8. The first-order valence-electron chi connectivity index (χ1n) is 21.9. The third-order valence-corrected chi connectivity index (χ3v) is 14.2. The van der Waals surface area contributed by atoms with Crippen molar-refractivity contribution in [1.29, 1.82) is 0 Å². The maximum absolute atomic E-state index is 5.54. The maximum Gasteiger partial charge on any atom is 0.129 e. The molecule has 0 radical (unpaired) electrons. The van der Waals surface area contributed by atoms with Gasteiger partial charge in [0, 0.05) is 40.1 Å². The third-order valence-electron chi connectivity index (χ3n) is 12.8. The van der Waals surface area contributed by atoms with E-state index in [9.17, 15) is 0 Å². The van der Waals surface area contributed by atoms with Crippen LogP contribution in [-0.4, -0.2) is 11.1 Å². The van der Waals surface area contributed by atoms with Crippen molar-refractivity contribution in [2.45, 2.75) is 30.4 Å². The summed E-state index contributed by atoms with van der Waals surface area (Å²) in [7, 11) is 0. The number of rotatable bonds is 9. The zero-order valence-corrected chi connectivity index (χ0v) is 35.3. The quantitative estimate of drug-likeness (QED) is 0.152. The summed E-state index contributed by atoms with van der Waals surface area (Å²) >= 11 is 2.01. The van der Waals surface area contributed by atoms with E-state index >= 15 is 0 Å². The summed E-state index contributed by atoms with van der Waals surface area (Å²) < 4.78 is 0. The van der Waals surface area contributed by atoms with Gasteiger partial charge in [-0.2, -0.15) is 0 Å². The van der Waals surface area contributed by atoms with Gasteiger partial charge in [-0.05, 0) is 105 Å². The predicted molar refractivity (Wildman–Crippen MR) is 261 cm³/mol. The molecule has 0 bridgehead atoms. The Bertz CT molecular complexity index is 2800.